The van der Waals surface area contributed by atoms with Crippen LogP contribution in [-0.2, 0) is 20.9 Å². The molecule has 5 nitrogen and oxygen atoms in total. The van der Waals surface area contributed by atoms with Crippen molar-refractivity contribution < 1.29 is 24.2 Å². The fourth-order valence-electron chi connectivity index (χ4n) is 1.71. The largest absolute Gasteiger partial charge is 0.465 e. The molecule has 0 amide bonds. The molecule has 0 bridgehead atoms. The Morgan fingerprint density at radius 2 is 1.71 bits per heavy atom. The summed E-state index contributed by atoms with van der Waals surface area (Å²) in [6, 6.07) is 6.78. The molecule has 0 spiro atoms. The number of unbranched alkanes of at least 4 members (excludes halogenated alkanes) is 2. The van der Waals surface area contributed by atoms with Gasteiger partial charge < -0.3 is 14.6 Å². The van der Waals surface area contributed by atoms with Crippen molar-refractivity contribution in [3.63, 3.8) is 0 Å². The summed E-state index contributed by atoms with van der Waals surface area (Å²) in [5, 5.41) is 9.14. The molecule has 0 aliphatic heterocycles. The first-order chi connectivity index (χ1) is 10.2. The monoisotopic (exact) mass is 314 g/mol. The number of alkyl halides is 1. The molecule has 0 heterocycles. The second-order valence-corrected chi connectivity index (χ2v) is 4.63. The van der Waals surface area contributed by atoms with Crippen molar-refractivity contribution in [1.82, 2.24) is 0 Å². The van der Waals surface area contributed by atoms with E-state index < -0.39 is 11.9 Å². The van der Waals surface area contributed by atoms with Crippen LogP contribution in [0.4, 0.5) is 0 Å². The van der Waals surface area contributed by atoms with Crippen LogP contribution in [0.25, 0.3) is 0 Å². The molecule has 1 aromatic rings. The zero-order valence-electron chi connectivity index (χ0n) is 11.7. The van der Waals surface area contributed by atoms with Crippen LogP contribution in [0.1, 0.15) is 35.2 Å². The van der Waals surface area contributed by atoms with Gasteiger partial charge in [-0.2, -0.15) is 0 Å². The molecule has 6 heteroatoms. The smallest absolute Gasteiger partial charge is 0.338 e. The van der Waals surface area contributed by atoms with Gasteiger partial charge in [-0.1, -0.05) is 18.2 Å². The van der Waals surface area contributed by atoms with E-state index in [0.29, 0.717) is 37.2 Å². The minimum atomic E-state index is -0.437. The van der Waals surface area contributed by atoms with E-state index in [1.165, 1.54) is 0 Å². The number of esters is 2. The van der Waals surface area contributed by atoms with Crippen LogP contribution in [-0.4, -0.2) is 36.1 Å². The Bertz CT molecular complexity index is 461. The number of hydrogen-bond acceptors (Lipinski definition) is 5. The normalized spacial score (nSPS) is 10.2. The van der Waals surface area contributed by atoms with Gasteiger partial charge in [0.25, 0.3) is 0 Å². The lowest BCUT2D eigenvalue weighted by Crippen LogP contribution is -2.10. The fraction of sp³-hybridized carbons (Fsp3) is 0.467. The van der Waals surface area contributed by atoms with Crippen LogP contribution in [0.15, 0.2) is 24.3 Å². The molecule has 0 unspecified atom stereocenters. The first-order valence-corrected chi connectivity index (χ1v) is 7.30. The number of hydrogen-bond donors (Lipinski definition) is 1. The fourth-order valence-corrected chi connectivity index (χ4v) is 1.78. The van der Waals surface area contributed by atoms with E-state index in [0.717, 1.165) is 6.42 Å². The molecule has 0 atom stereocenters. The first kappa shape index (κ1) is 17.5. The van der Waals surface area contributed by atoms with E-state index in [4.69, 9.17) is 26.2 Å². The number of aliphatic hydroxyl groups excluding tert-OH is 1. The number of ether oxygens (including phenoxy) is 2. The minimum Gasteiger partial charge on any atom is -0.465 e. The molecule has 0 saturated heterocycles. The second-order valence-electron chi connectivity index (χ2n) is 4.37. The molecule has 0 aliphatic rings. The number of carbonyl (C=O) groups excluding carboxylic acids is 2. The molecule has 1 aromatic carbocycles. The van der Waals surface area contributed by atoms with Crippen LogP contribution < -0.4 is 0 Å². The maximum absolute atomic E-state index is 11.8. The zero-order valence-corrected chi connectivity index (χ0v) is 12.5. The molecule has 1 rings (SSSR count). The van der Waals surface area contributed by atoms with E-state index in [1.807, 2.05) is 0 Å². The highest BCUT2D eigenvalue weighted by molar-refractivity contribution is 6.26. The van der Waals surface area contributed by atoms with Crippen molar-refractivity contribution in [2.75, 3.05) is 19.1 Å². The lowest BCUT2D eigenvalue weighted by molar-refractivity contribution is -0.140. The quantitative estimate of drug-likeness (QED) is 0.430. The van der Waals surface area contributed by atoms with Gasteiger partial charge in [0, 0.05) is 0 Å². The first-order valence-electron chi connectivity index (χ1n) is 6.76. The summed E-state index contributed by atoms with van der Waals surface area (Å²) in [6.07, 6.45) is 2.17. The van der Waals surface area contributed by atoms with Crippen LogP contribution in [0.2, 0.25) is 0 Å². The summed E-state index contributed by atoms with van der Waals surface area (Å²) in [6.45, 7) is 0.423. The number of carbonyl (C=O) groups is 2. The number of benzene rings is 1. The Morgan fingerprint density at radius 3 is 2.38 bits per heavy atom. The van der Waals surface area contributed by atoms with Gasteiger partial charge in [0.05, 0.1) is 25.4 Å². The van der Waals surface area contributed by atoms with Gasteiger partial charge in [-0.15, -0.1) is 11.6 Å². The minimum absolute atomic E-state index is 0.137. The average Bonchev–Trinajstić information content (AvgIpc) is 2.53. The lowest BCUT2D eigenvalue weighted by atomic mass is 10.1. The Morgan fingerprint density at radius 1 is 1.05 bits per heavy atom. The molecule has 0 radical (unpaired) electrons. The molecule has 0 fully saturated rings. The maximum Gasteiger partial charge on any atom is 0.338 e. The van der Waals surface area contributed by atoms with Gasteiger partial charge in [0.15, 0.2) is 0 Å². The highest BCUT2D eigenvalue weighted by Gasteiger charge is 2.11. The molecule has 0 saturated carbocycles. The van der Waals surface area contributed by atoms with Crippen molar-refractivity contribution in [3.8, 4) is 0 Å². The van der Waals surface area contributed by atoms with E-state index in [9.17, 15) is 9.59 Å². The summed E-state index contributed by atoms with van der Waals surface area (Å²) in [5.41, 5.74) is 0.937. The van der Waals surface area contributed by atoms with Crippen LogP contribution in [0.5, 0.6) is 0 Å². The third kappa shape index (κ3) is 6.60. The summed E-state index contributed by atoms with van der Waals surface area (Å²) in [4.78, 5) is 22.6. The third-order valence-electron chi connectivity index (χ3n) is 2.80. The van der Waals surface area contributed by atoms with Crippen LogP contribution in [0, 0.1) is 0 Å². The predicted octanol–water partition coefficient (Wildman–Crippen LogP) is 2.29. The van der Waals surface area contributed by atoms with Crippen LogP contribution in [0.3, 0.4) is 0 Å². The number of halogens is 1. The third-order valence-corrected chi connectivity index (χ3v) is 3.02. The van der Waals surface area contributed by atoms with Gasteiger partial charge in [0.1, 0.15) is 5.88 Å². The average molecular weight is 315 g/mol. The number of aliphatic hydroxyl groups is 1. The van der Waals surface area contributed by atoms with Gasteiger partial charge in [0.2, 0.25) is 0 Å². The topological polar surface area (TPSA) is 72.8 Å². The Labute approximate surface area is 128 Å². The van der Waals surface area contributed by atoms with Crippen molar-refractivity contribution in [2.24, 2.45) is 0 Å². The van der Waals surface area contributed by atoms with Crippen molar-refractivity contribution in [2.45, 2.75) is 25.9 Å². The zero-order chi connectivity index (χ0) is 15.5. The summed E-state index contributed by atoms with van der Waals surface area (Å²) >= 11 is 5.28. The highest BCUT2D eigenvalue weighted by Crippen LogP contribution is 2.10. The Kier molecular flexibility index (Phi) is 8.47. The van der Waals surface area contributed by atoms with E-state index in [1.54, 1.807) is 24.3 Å². The van der Waals surface area contributed by atoms with Gasteiger partial charge in [-0.3, -0.25) is 4.79 Å². The SMILES string of the molecule is O=C(CCl)OCCCCCOC(=O)c1ccccc1CO. The predicted molar refractivity (Wildman–Crippen MR) is 78.2 cm³/mol. The molecule has 21 heavy (non-hydrogen) atoms. The van der Waals surface area contributed by atoms with Crippen molar-refractivity contribution in [3.05, 3.63) is 35.4 Å². The standard InChI is InChI=1S/C15H19ClO5/c16-10-14(18)20-8-4-1-5-9-21-15(19)13-7-3-2-6-12(13)11-17/h2-3,6-7,17H,1,4-5,8-11H2. The molecule has 0 aliphatic carbocycles. The van der Waals surface area contributed by atoms with E-state index >= 15 is 0 Å². The highest BCUT2D eigenvalue weighted by atomic mass is 35.5. The summed E-state index contributed by atoms with van der Waals surface area (Å²) in [7, 11) is 0. The van der Waals surface area contributed by atoms with E-state index in [-0.39, 0.29) is 12.5 Å². The molecule has 116 valence electrons. The molecule has 0 aromatic heterocycles. The Hall–Kier alpha value is -1.59. The van der Waals surface area contributed by atoms with Crippen molar-refractivity contribution in [1.29, 1.82) is 0 Å². The molecular formula is C15H19ClO5. The lowest BCUT2D eigenvalue weighted by Gasteiger charge is -2.08. The van der Waals surface area contributed by atoms with Gasteiger partial charge in [-0.25, -0.2) is 4.79 Å². The maximum atomic E-state index is 11.8. The Balaban J connectivity index is 2.18. The second kappa shape index (κ2) is 10.2. The summed E-state index contributed by atoms with van der Waals surface area (Å²) < 4.78 is 9.95. The number of rotatable bonds is 9. The molecular weight excluding hydrogens is 296 g/mol. The van der Waals surface area contributed by atoms with E-state index in [2.05, 4.69) is 0 Å². The summed E-state index contributed by atoms with van der Waals surface area (Å²) in [5.74, 6) is -1.00. The van der Waals surface area contributed by atoms with Crippen LogP contribution >= 0.6 is 11.6 Å². The molecule has 1 N–H and O–H groups in total. The van der Waals surface area contributed by atoms with Crippen molar-refractivity contribution >= 4 is 23.5 Å². The van der Waals surface area contributed by atoms with Gasteiger partial charge >= 0.3 is 11.9 Å². The van der Waals surface area contributed by atoms with Gasteiger partial charge in [-0.05, 0) is 30.9 Å².